The summed E-state index contributed by atoms with van der Waals surface area (Å²) >= 11 is 0. The normalized spacial score (nSPS) is 10.6. The number of nitrogens with zero attached hydrogens (tertiary/aromatic N) is 2. The van der Waals surface area contributed by atoms with Gasteiger partial charge in [-0.2, -0.15) is 0 Å². The number of para-hydroxylation sites is 1. The minimum Gasteiger partial charge on any atom is -0.319 e. The number of benzene rings is 1. The average molecular weight is 219 g/mol. The molecule has 0 unspecified atom stereocenters. The van der Waals surface area contributed by atoms with Crippen LogP contribution in [0.25, 0.3) is 5.69 Å². The van der Waals surface area contributed by atoms with Crippen molar-refractivity contribution in [1.82, 2.24) is 14.9 Å². The monoisotopic (exact) mass is 219 g/mol. The SMILES string of the molecule is CNCCc1nccn1-c1ccccc1F. The first-order chi connectivity index (χ1) is 7.83. The maximum Gasteiger partial charge on any atom is 0.147 e. The highest BCUT2D eigenvalue weighted by Gasteiger charge is 2.07. The van der Waals surface area contributed by atoms with Crippen molar-refractivity contribution in [3.63, 3.8) is 0 Å². The summed E-state index contributed by atoms with van der Waals surface area (Å²) in [6, 6.07) is 6.71. The average Bonchev–Trinajstić information content (AvgIpc) is 2.75. The topological polar surface area (TPSA) is 29.9 Å². The lowest BCUT2D eigenvalue weighted by Gasteiger charge is -2.08. The third-order valence-corrected chi connectivity index (χ3v) is 2.43. The van der Waals surface area contributed by atoms with Crippen LogP contribution in [0.15, 0.2) is 36.7 Å². The van der Waals surface area contributed by atoms with Crippen molar-refractivity contribution in [3.05, 3.63) is 48.3 Å². The minimum atomic E-state index is -0.230. The van der Waals surface area contributed by atoms with E-state index < -0.39 is 0 Å². The Hall–Kier alpha value is -1.68. The molecule has 1 N–H and O–H groups in total. The molecule has 1 aromatic heterocycles. The zero-order valence-electron chi connectivity index (χ0n) is 9.15. The number of likely N-dealkylation sites (N-methyl/N-ethyl adjacent to an activating group) is 1. The fraction of sp³-hybridized carbons (Fsp3) is 0.250. The molecule has 0 spiro atoms. The lowest BCUT2D eigenvalue weighted by atomic mass is 10.3. The molecule has 84 valence electrons. The van der Waals surface area contributed by atoms with Gasteiger partial charge in [-0.25, -0.2) is 9.37 Å². The molecule has 1 aromatic carbocycles. The van der Waals surface area contributed by atoms with Crippen LogP contribution in [0.4, 0.5) is 4.39 Å². The van der Waals surface area contributed by atoms with E-state index in [0.717, 1.165) is 18.8 Å². The molecule has 0 aliphatic carbocycles. The first-order valence-corrected chi connectivity index (χ1v) is 5.24. The summed E-state index contributed by atoms with van der Waals surface area (Å²) in [6.07, 6.45) is 4.25. The zero-order valence-corrected chi connectivity index (χ0v) is 9.15. The number of imidazole rings is 1. The fourth-order valence-electron chi connectivity index (χ4n) is 1.62. The fourth-order valence-corrected chi connectivity index (χ4v) is 1.62. The van der Waals surface area contributed by atoms with Gasteiger partial charge in [0, 0.05) is 25.4 Å². The summed E-state index contributed by atoms with van der Waals surface area (Å²) in [7, 11) is 1.89. The number of halogens is 1. The minimum absolute atomic E-state index is 0.230. The largest absolute Gasteiger partial charge is 0.319 e. The molecule has 0 aliphatic heterocycles. The molecule has 2 aromatic rings. The van der Waals surface area contributed by atoms with E-state index in [-0.39, 0.29) is 5.82 Å². The Balaban J connectivity index is 2.33. The van der Waals surface area contributed by atoms with Crippen molar-refractivity contribution < 1.29 is 4.39 Å². The lowest BCUT2D eigenvalue weighted by Crippen LogP contribution is -2.13. The molecule has 0 radical (unpaired) electrons. The van der Waals surface area contributed by atoms with E-state index in [2.05, 4.69) is 10.3 Å². The predicted octanol–water partition coefficient (Wildman–Crippen LogP) is 1.77. The molecule has 2 rings (SSSR count). The Morgan fingerprint density at radius 3 is 2.94 bits per heavy atom. The summed E-state index contributed by atoms with van der Waals surface area (Å²) in [4.78, 5) is 4.23. The number of rotatable bonds is 4. The number of hydrogen-bond acceptors (Lipinski definition) is 2. The van der Waals surface area contributed by atoms with Crippen LogP contribution in [0.1, 0.15) is 5.82 Å². The van der Waals surface area contributed by atoms with Crippen LogP contribution >= 0.6 is 0 Å². The predicted molar refractivity (Wildman–Crippen MR) is 61.2 cm³/mol. The van der Waals surface area contributed by atoms with E-state index in [1.807, 2.05) is 13.1 Å². The van der Waals surface area contributed by atoms with Gasteiger partial charge in [0.05, 0.1) is 5.69 Å². The van der Waals surface area contributed by atoms with Gasteiger partial charge < -0.3 is 9.88 Å². The second-order valence-electron chi connectivity index (χ2n) is 3.52. The molecular weight excluding hydrogens is 205 g/mol. The Kier molecular flexibility index (Phi) is 3.31. The second-order valence-corrected chi connectivity index (χ2v) is 3.52. The molecule has 0 atom stereocenters. The molecule has 3 nitrogen and oxygen atoms in total. The molecule has 16 heavy (non-hydrogen) atoms. The smallest absolute Gasteiger partial charge is 0.147 e. The van der Waals surface area contributed by atoms with Gasteiger partial charge in [0.25, 0.3) is 0 Å². The molecular formula is C12H14FN3. The van der Waals surface area contributed by atoms with Gasteiger partial charge in [0.15, 0.2) is 0 Å². The van der Waals surface area contributed by atoms with Gasteiger partial charge in [0.1, 0.15) is 11.6 Å². The summed E-state index contributed by atoms with van der Waals surface area (Å²) in [5.41, 5.74) is 0.547. The summed E-state index contributed by atoms with van der Waals surface area (Å²) < 4.78 is 15.4. The highest BCUT2D eigenvalue weighted by atomic mass is 19.1. The van der Waals surface area contributed by atoms with Crippen molar-refractivity contribution in [3.8, 4) is 5.69 Å². The van der Waals surface area contributed by atoms with Crippen LogP contribution in [0, 0.1) is 5.82 Å². The first kappa shape index (κ1) is 10.8. The van der Waals surface area contributed by atoms with Gasteiger partial charge in [-0.3, -0.25) is 0 Å². The van der Waals surface area contributed by atoms with Crippen LogP contribution in [0.2, 0.25) is 0 Å². The number of aromatic nitrogens is 2. The van der Waals surface area contributed by atoms with Crippen molar-refractivity contribution in [2.24, 2.45) is 0 Å². The number of hydrogen-bond donors (Lipinski definition) is 1. The molecule has 4 heteroatoms. The first-order valence-electron chi connectivity index (χ1n) is 5.24. The quantitative estimate of drug-likeness (QED) is 0.849. The van der Waals surface area contributed by atoms with Crippen LogP contribution in [-0.2, 0) is 6.42 Å². The van der Waals surface area contributed by atoms with Gasteiger partial charge in [-0.15, -0.1) is 0 Å². The Bertz CT molecular complexity index is 465. The Morgan fingerprint density at radius 2 is 2.19 bits per heavy atom. The van der Waals surface area contributed by atoms with Crippen LogP contribution in [-0.4, -0.2) is 23.1 Å². The highest BCUT2D eigenvalue weighted by molar-refractivity contribution is 5.34. The van der Waals surface area contributed by atoms with E-state index in [1.54, 1.807) is 29.1 Å². The second kappa shape index (κ2) is 4.90. The van der Waals surface area contributed by atoms with Gasteiger partial charge in [-0.1, -0.05) is 12.1 Å². The Labute approximate surface area is 93.9 Å². The third-order valence-electron chi connectivity index (χ3n) is 2.43. The maximum atomic E-state index is 13.6. The third kappa shape index (κ3) is 2.12. The summed E-state index contributed by atoms with van der Waals surface area (Å²) in [5.74, 6) is 0.630. The Morgan fingerprint density at radius 1 is 1.38 bits per heavy atom. The molecule has 1 heterocycles. The number of nitrogens with one attached hydrogen (secondary N) is 1. The standard InChI is InChI=1S/C12H14FN3/c1-14-7-6-12-15-8-9-16(12)11-5-3-2-4-10(11)13/h2-5,8-9,14H,6-7H2,1H3. The molecule has 0 aliphatic rings. The van der Waals surface area contributed by atoms with Gasteiger partial charge in [-0.05, 0) is 19.2 Å². The molecule has 0 saturated heterocycles. The summed E-state index contributed by atoms with van der Waals surface area (Å²) in [5, 5.41) is 3.05. The molecule has 0 bridgehead atoms. The summed E-state index contributed by atoms with van der Waals surface area (Å²) in [6.45, 7) is 0.825. The zero-order chi connectivity index (χ0) is 11.4. The van der Waals surface area contributed by atoms with Crippen LogP contribution in [0.3, 0.4) is 0 Å². The molecule has 0 fully saturated rings. The highest BCUT2D eigenvalue weighted by Crippen LogP contribution is 2.14. The van der Waals surface area contributed by atoms with Crippen LogP contribution in [0.5, 0.6) is 0 Å². The van der Waals surface area contributed by atoms with Crippen molar-refractivity contribution in [2.45, 2.75) is 6.42 Å². The van der Waals surface area contributed by atoms with E-state index in [9.17, 15) is 4.39 Å². The van der Waals surface area contributed by atoms with E-state index in [0.29, 0.717) is 5.69 Å². The van der Waals surface area contributed by atoms with Crippen molar-refractivity contribution in [2.75, 3.05) is 13.6 Å². The lowest BCUT2D eigenvalue weighted by molar-refractivity contribution is 0.613. The van der Waals surface area contributed by atoms with Gasteiger partial charge in [0.2, 0.25) is 0 Å². The van der Waals surface area contributed by atoms with Gasteiger partial charge >= 0.3 is 0 Å². The van der Waals surface area contributed by atoms with E-state index >= 15 is 0 Å². The van der Waals surface area contributed by atoms with E-state index in [1.165, 1.54) is 6.07 Å². The maximum absolute atomic E-state index is 13.6. The van der Waals surface area contributed by atoms with Crippen LogP contribution < -0.4 is 5.32 Å². The van der Waals surface area contributed by atoms with Crippen molar-refractivity contribution >= 4 is 0 Å². The molecule has 0 amide bonds. The van der Waals surface area contributed by atoms with E-state index in [4.69, 9.17) is 0 Å². The molecule has 0 saturated carbocycles. The van der Waals surface area contributed by atoms with Crippen molar-refractivity contribution in [1.29, 1.82) is 0 Å².